The van der Waals surface area contributed by atoms with Gasteiger partial charge in [0, 0.05) is 23.8 Å². The van der Waals surface area contributed by atoms with Crippen molar-refractivity contribution in [3.05, 3.63) is 21.8 Å². The fourth-order valence-electron chi connectivity index (χ4n) is 2.12. The Kier molecular flexibility index (Phi) is 3.95. The molecule has 0 bridgehead atoms. The van der Waals surface area contributed by atoms with Crippen LogP contribution < -0.4 is 4.90 Å². The largest absolute Gasteiger partial charge is 0.390 e. The molecule has 2 rings (SSSR count). The monoisotopic (exact) mass is 318 g/mol. The van der Waals surface area contributed by atoms with E-state index in [4.69, 9.17) is 11.6 Å². The van der Waals surface area contributed by atoms with Crippen molar-refractivity contribution in [3.8, 4) is 0 Å². The van der Waals surface area contributed by atoms with Gasteiger partial charge in [-0.25, -0.2) is 4.98 Å². The molecule has 0 aliphatic carbocycles. The van der Waals surface area contributed by atoms with E-state index in [1.807, 2.05) is 13.0 Å². The quantitative estimate of drug-likeness (QED) is 0.863. The molecule has 5 heteroatoms. The van der Waals surface area contributed by atoms with Gasteiger partial charge in [-0.2, -0.15) is 0 Å². The number of pyridine rings is 1. The second-order valence-electron chi connectivity index (χ2n) is 4.80. The summed E-state index contributed by atoms with van der Waals surface area (Å²) in [4.78, 5) is 6.51. The van der Waals surface area contributed by atoms with Crippen molar-refractivity contribution < 1.29 is 5.11 Å². The van der Waals surface area contributed by atoms with Crippen molar-refractivity contribution in [2.75, 3.05) is 18.0 Å². The molecule has 17 heavy (non-hydrogen) atoms. The predicted molar refractivity (Wildman–Crippen MR) is 73.6 cm³/mol. The first kappa shape index (κ1) is 13.1. The lowest BCUT2D eigenvalue weighted by atomic mass is 9.98. The van der Waals surface area contributed by atoms with Gasteiger partial charge in [-0.15, -0.1) is 0 Å². The van der Waals surface area contributed by atoms with Gasteiger partial charge in [0.15, 0.2) is 0 Å². The van der Waals surface area contributed by atoms with Crippen LogP contribution in [0.5, 0.6) is 0 Å². The van der Waals surface area contributed by atoms with Gasteiger partial charge < -0.3 is 10.0 Å². The summed E-state index contributed by atoms with van der Waals surface area (Å²) in [6.07, 6.45) is 4.30. The Labute approximate surface area is 115 Å². The van der Waals surface area contributed by atoms with Gasteiger partial charge in [0.25, 0.3) is 0 Å². The number of aromatic nitrogens is 1. The summed E-state index contributed by atoms with van der Waals surface area (Å²) in [6.45, 7) is 3.58. The minimum atomic E-state index is -0.559. The molecule has 3 nitrogen and oxygen atoms in total. The lowest BCUT2D eigenvalue weighted by molar-refractivity contribution is 0.0481. The first-order valence-corrected chi connectivity index (χ1v) is 6.93. The van der Waals surface area contributed by atoms with Crippen LogP contribution in [0.4, 0.5) is 5.82 Å². The van der Waals surface area contributed by atoms with Crippen molar-refractivity contribution >= 4 is 33.3 Å². The maximum atomic E-state index is 10.0. The molecule has 0 aromatic carbocycles. The van der Waals surface area contributed by atoms with E-state index >= 15 is 0 Å². The van der Waals surface area contributed by atoms with E-state index in [1.165, 1.54) is 0 Å². The molecule has 1 aliphatic rings. The third kappa shape index (κ3) is 3.33. The molecule has 0 radical (unpaired) electrons. The molecule has 1 aromatic rings. The Hall–Kier alpha value is -0.320. The molecule has 94 valence electrons. The second kappa shape index (κ2) is 5.12. The molecule has 2 heterocycles. The summed E-state index contributed by atoms with van der Waals surface area (Å²) in [6, 6.07) is 1.85. The van der Waals surface area contributed by atoms with Gasteiger partial charge in [-0.05, 0) is 48.2 Å². The van der Waals surface area contributed by atoms with Gasteiger partial charge >= 0.3 is 0 Å². The van der Waals surface area contributed by atoms with Crippen molar-refractivity contribution in [3.63, 3.8) is 0 Å². The molecule has 1 fully saturated rings. The number of nitrogens with zero attached hydrogens (tertiary/aromatic N) is 2. The Bertz CT molecular complexity index is 411. The SMILES string of the molecule is CC1(O)CCCN(c2ncc(Br)cc2Cl)CC1. The van der Waals surface area contributed by atoms with Gasteiger partial charge in [0.05, 0.1) is 10.6 Å². The average Bonchev–Trinajstić information content (AvgIpc) is 2.40. The number of aliphatic hydroxyl groups is 1. The molecule has 1 aliphatic heterocycles. The van der Waals surface area contributed by atoms with Crippen LogP contribution in [0, 0.1) is 0 Å². The highest BCUT2D eigenvalue weighted by Crippen LogP contribution is 2.30. The van der Waals surface area contributed by atoms with E-state index in [1.54, 1.807) is 6.20 Å². The number of hydrogen-bond acceptors (Lipinski definition) is 3. The van der Waals surface area contributed by atoms with Gasteiger partial charge in [-0.1, -0.05) is 11.6 Å². The van der Waals surface area contributed by atoms with Crippen LogP contribution in [-0.2, 0) is 0 Å². The fourth-order valence-corrected chi connectivity index (χ4v) is 2.86. The molecule has 1 aromatic heterocycles. The summed E-state index contributed by atoms with van der Waals surface area (Å²) in [5, 5.41) is 10.7. The fraction of sp³-hybridized carbons (Fsp3) is 0.583. The zero-order valence-corrected chi connectivity index (χ0v) is 12.1. The molecule has 0 saturated carbocycles. The molecule has 0 spiro atoms. The minimum absolute atomic E-state index is 0.559. The van der Waals surface area contributed by atoms with Crippen LogP contribution in [0.2, 0.25) is 5.02 Å². The summed E-state index contributed by atoms with van der Waals surface area (Å²) < 4.78 is 0.882. The topological polar surface area (TPSA) is 36.4 Å². The Morgan fingerprint density at radius 2 is 2.24 bits per heavy atom. The van der Waals surface area contributed by atoms with E-state index in [0.717, 1.165) is 42.6 Å². The summed E-state index contributed by atoms with van der Waals surface area (Å²) in [5.41, 5.74) is -0.559. The lowest BCUT2D eigenvalue weighted by Crippen LogP contribution is -2.28. The molecular formula is C12H16BrClN2O. The molecule has 0 amide bonds. The number of hydrogen-bond donors (Lipinski definition) is 1. The highest BCUT2D eigenvalue weighted by atomic mass is 79.9. The molecule has 1 unspecified atom stereocenters. The van der Waals surface area contributed by atoms with E-state index in [-0.39, 0.29) is 0 Å². The molecule has 1 saturated heterocycles. The van der Waals surface area contributed by atoms with Gasteiger partial charge in [0.2, 0.25) is 0 Å². The van der Waals surface area contributed by atoms with Gasteiger partial charge in [-0.3, -0.25) is 0 Å². The smallest absolute Gasteiger partial charge is 0.147 e. The van der Waals surface area contributed by atoms with Crippen molar-refractivity contribution in [2.45, 2.75) is 31.8 Å². The van der Waals surface area contributed by atoms with Crippen molar-refractivity contribution in [2.24, 2.45) is 0 Å². The van der Waals surface area contributed by atoms with Crippen LogP contribution in [0.1, 0.15) is 26.2 Å². The second-order valence-corrected chi connectivity index (χ2v) is 6.12. The first-order valence-electron chi connectivity index (χ1n) is 5.76. The zero-order valence-electron chi connectivity index (χ0n) is 9.79. The van der Waals surface area contributed by atoms with Crippen LogP contribution >= 0.6 is 27.5 Å². The number of rotatable bonds is 1. The molecule has 1 N–H and O–H groups in total. The third-order valence-corrected chi connectivity index (χ3v) is 3.86. The van der Waals surface area contributed by atoms with Crippen LogP contribution in [0.25, 0.3) is 0 Å². The van der Waals surface area contributed by atoms with E-state index in [0.29, 0.717) is 5.02 Å². The average molecular weight is 320 g/mol. The normalized spacial score (nSPS) is 25.8. The third-order valence-electron chi connectivity index (χ3n) is 3.15. The first-order chi connectivity index (χ1) is 7.98. The molecule has 1 atom stereocenters. The van der Waals surface area contributed by atoms with Crippen LogP contribution in [0.15, 0.2) is 16.7 Å². The predicted octanol–water partition coefficient (Wildman–Crippen LogP) is 3.24. The highest BCUT2D eigenvalue weighted by molar-refractivity contribution is 9.10. The summed E-state index contributed by atoms with van der Waals surface area (Å²) in [5.74, 6) is 0.813. The Morgan fingerprint density at radius 1 is 1.47 bits per heavy atom. The van der Waals surface area contributed by atoms with Crippen LogP contribution in [-0.4, -0.2) is 28.8 Å². The van der Waals surface area contributed by atoms with E-state index in [2.05, 4.69) is 25.8 Å². The van der Waals surface area contributed by atoms with Crippen molar-refractivity contribution in [1.82, 2.24) is 4.98 Å². The Morgan fingerprint density at radius 3 is 2.94 bits per heavy atom. The highest BCUT2D eigenvalue weighted by Gasteiger charge is 2.26. The number of anilines is 1. The van der Waals surface area contributed by atoms with Crippen LogP contribution in [0.3, 0.4) is 0 Å². The lowest BCUT2D eigenvalue weighted by Gasteiger charge is -2.24. The minimum Gasteiger partial charge on any atom is -0.390 e. The maximum absolute atomic E-state index is 10.0. The standard InChI is InChI=1S/C12H16BrClN2O/c1-12(17)3-2-5-16(6-4-12)11-10(14)7-9(13)8-15-11/h7-8,17H,2-6H2,1H3. The summed E-state index contributed by atoms with van der Waals surface area (Å²) in [7, 11) is 0. The van der Waals surface area contributed by atoms with Crippen molar-refractivity contribution in [1.29, 1.82) is 0 Å². The van der Waals surface area contributed by atoms with E-state index < -0.39 is 5.60 Å². The zero-order chi connectivity index (χ0) is 12.5. The Balaban J connectivity index is 2.17. The summed E-state index contributed by atoms with van der Waals surface area (Å²) >= 11 is 9.54. The van der Waals surface area contributed by atoms with E-state index in [9.17, 15) is 5.11 Å². The number of halogens is 2. The van der Waals surface area contributed by atoms with Gasteiger partial charge in [0.1, 0.15) is 5.82 Å². The maximum Gasteiger partial charge on any atom is 0.147 e. The molecular weight excluding hydrogens is 304 g/mol.